The lowest BCUT2D eigenvalue weighted by molar-refractivity contribution is -0.118. The number of anilines is 1. The summed E-state index contributed by atoms with van der Waals surface area (Å²) in [5.41, 5.74) is 15.3. The second-order valence-corrected chi connectivity index (χ2v) is 6.98. The van der Waals surface area contributed by atoms with Gasteiger partial charge in [-0.25, -0.2) is 4.98 Å². The topological polar surface area (TPSA) is 130 Å². The van der Waals surface area contributed by atoms with E-state index in [1.807, 2.05) is 32.9 Å². The monoisotopic (exact) mass is 412 g/mol. The number of aryl methyl sites for hydroxylation is 3. The van der Waals surface area contributed by atoms with Gasteiger partial charge < -0.3 is 16.0 Å². The highest BCUT2D eigenvalue weighted by Gasteiger charge is 2.22. The third-order valence-corrected chi connectivity index (χ3v) is 5.09. The number of carbonyl (C=O) groups excluding carboxylic acids is 2. The van der Waals surface area contributed by atoms with E-state index < -0.39 is 12.0 Å². The first kappa shape index (κ1) is 21.4. The third kappa shape index (κ3) is 4.00. The summed E-state index contributed by atoms with van der Waals surface area (Å²) in [6.45, 7) is 6.17. The molecule has 1 aliphatic rings. The lowest BCUT2D eigenvalue weighted by Gasteiger charge is -2.11. The molecule has 1 amide bonds. The van der Waals surface area contributed by atoms with Gasteiger partial charge in [-0.05, 0) is 36.1 Å². The van der Waals surface area contributed by atoms with Gasteiger partial charge in [0.2, 0.25) is 5.91 Å². The van der Waals surface area contributed by atoms with Crippen LogP contribution < -0.4 is 11.5 Å². The van der Waals surface area contributed by atoms with Crippen molar-refractivity contribution in [2.45, 2.75) is 53.0 Å². The number of nitrogen functional groups attached to an aromatic ring is 1. The number of Topliss-reactive ketones (excluding diaryl/α,β-unsaturated/α-hetero) is 1. The Morgan fingerprint density at radius 1 is 1.20 bits per heavy atom. The Hall–Kier alpha value is -3.36. The molecule has 0 atom stereocenters. The summed E-state index contributed by atoms with van der Waals surface area (Å²) >= 11 is 0. The van der Waals surface area contributed by atoms with Crippen LogP contribution in [0.15, 0.2) is 12.1 Å². The average Bonchev–Trinajstić information content (AvgIpc) is 3.22. The van der Waals surface area contributed by atoms with Gasteiger partial charge in [-0.2, -0.15) is 14.4 Å². The maximum absolute atomic E-state index is 13.7. The number of aromatic nitrogens is 4. The van der Waals surface area contributed by atoms with E-state index in [9.17, 15) is 14.0 Å². The van der Waals surface area contributed by atoms with Crippen LogP contribution in [0.3, 0.4) is 0 Å². The number of imidazole rings is 1. The Bertz CT molecular complexity index is 1140. The second kappa shape index (κ2) is 8.56. The minimum absolute atomic E-state index is 0.0473. The second-order valence-electron chi connectivity index (χ2n) is 6.98. The Labute approximate surface area is 173 Å². The average molecular weight is 412 g/mol. The van der Waals surface area contributed by atoms with Gasteiger partial charge in [0.05, 0.1) is 0 Å². The zero-order valence-electron chi connectivity index (χ0n) is 17.3. The van der Waals surface area contributed by atoms with E-state index in [1.165, 1.54) is 0 Å². The molecular formula is C21H25FN6O2. The van der Waals surface area contributed by atoms with Gasteiger partial charge in [-0.1, -0.05) is 19.9 Å². The van der Waals surface area contributed by atoms with Gasteiger partial charge in [0.25, 0.3) is 0 Å². The molecule has 1 aliphatic carbocycles. The highest BCUT2D eigenvalue weighted by Crippen LogP contribution is 2.28. The fourth-order valence-corrected chi connectivity index (χ4v) is 3.65. The van der Waals surface area contributed by atoms with Crippen molar-refractivity contribution in [2.24, 2.45) is 5.73 Å². The normalized spacial score (nSPS) is 12.6. The molecule has 0 fully saturated rings. The summed E-state index contributed by atoms with van der Waals surface area (Å²) in [6.07, 6.45) is 0.753. The molecule has 1 aromatic carbocycles. The molecule has 2 heterocycles. The van der Waals surface area contributed by atoms with Crippen molar-refractivity contribution in [3.8, 4) is 0 Å². The van der Waals surface area contributed by atoms with Gasteiger partial charge in [0.1, 0.15) is 5.82 Å². The zero-order valence-corrected chi connectivity index (χ0v) is 17.3. The molecule has 2 aromatic heterocycles. The number of primary amides is 1. The number of hydrogen-bond donors (Lipinski definition) is 2. The first-order valence-electron chi connectivity index (χ1n) is 9.95. The number of benzene rings is 1. The number of ketones is 1. The Balaban J connectivity index is 0.00000124. The SMILES string of the molecule is CC.Cc1cc2c(cc1Cc1nc3c(N)nc(F)nc3n1CCC(N)=O)C(=O)CC2. The van der Waals surface area contributed by atoms with Gasteiger partial charge in [-0.3, -0.25) is 9.59 Å². The van der Waals surface area contributed by atoms with Crippen molar-refractivity contribution in [3.05, 3.63) is 46.3 Å². The largest absolute Gasteiger partial charge is 0.382 e. The van der Waals surface area contributed by atoms with Gasteiger partial charge >= 0.3 is 6.08 Å². The van der Waals surface area contributed by atoms with Crippen LogP contribution in [0.4, 0.5) is 10.2 Å². The third-order valence-electron chi connectivity index (χ3n) is 5.09. The fraction of sp³-hybridized carbons (Fsp3) is 0.381. The molecule has 8 nitrogen and oxygen atoms in total. The number of amides is 1. The molecule has 4 N–H and O–H groups in total. The van der Waals surface area contributed by atoms with Crippen LogP contribution in [0.2, 0.25) is 0 Å². The van der Waals surface area contributed by atoms with Crippen LogP contribution in [0.25, 0.3) is 11.2 Å². The minimum Gasteiger partial charge on any atom is -0.382 e. The lowest BCUT2D eigenvalue weighted by atomic mass is 9.98. The Morgan fingerprint density at radius 3 is 2.63 bits per heavy atom. The van der Waals surface area contributed by atoms with Crippen LogP contribution >= 0.6 is 0 Å². The Morgan fingerprint density at radius 2 is 1.93 bits per heavy atom. The smallest absolute Gasteiger partial charge is 0.312 e. The lowest BCUT2D eigenvalue weighted by Crippen LogP contribution is -2.16. The first-order valence-corrected chi connectivity index (χ1v) is 9.95. The molecule has 30 heavy (non-hydrogen) atoms. The molecule has 0 bridgehead atoms. The number of fused-ring (bicyclic) bond motifs is 2. The summed E-state index contributed by atoms with van der Waals surface area (Å²) in [5, 5.41) is 0. The van der Waals surface area contributed by atoms with Crippen molar-refractivity contribution >= 4 is 28.7 Å². The molecule has 0 aliphatic heterocycles. The predicted octanol–water partition coefficient (Wildman–Crippen LogP) is 2.48. The van der Waals surface area contributed by atoms with Crippen molar-refractivity contribution < 1.29 is 14.0 Å². The summed E-state index contributed by atoms with van der Waals surface area (Å²) in [4.78, 5) is 35.2. The highest BCUT2D eigenvalue weighted by molar-refractivity contribution is 6.00. The molecule has 158 valence electrons. The van der Waals surface area contributed by atoms with Crippen molar-refractivity contribution in [1.29, 1.82) is 0 Å². The van der Waals surface area contributed by atoms with Crippen LogP contribution in [-0.2, 0) is 24.2 Å². The first-order chi connectivity index (χ1) is 14.3. The maximum Gasteiger partial charge on any atom is 0.312 e. The fourth-order valence-electron chi connectivity index (χ4n) is 3.65. The molecule has 3 aromatic rings. The predicted molar refractivity (Wildman–Crippen MR) is 111 cm³/mol. The van der Waals surface area contributed by atoms with E-state index in [-0.39, 0.29) is 35.7 Å². The Kier molecular flexibility index (Phi) is 6.09. The molecule has 4 rings (SSSR count). The maximum atomic E-state index is 13.7. The minimum atomic E-state index is -0.962. The van der Waals surface area contributed by atoms with Gasteiger partial charge in [-0.15, -0.1) is 0 Å². The molecule has 0 radical (unpaired) electrons. The van der Waals surface area contributed by atoms with E-state index >= 15 is 0 Å². The van der Waals surface area contributed by atoms with Crippen LogP contribution in [0, 0.1) is 13.0 Å². The standard InChI is InChI=1S/C19H19FN6O2.C2H6/c1-9-6-10-2-3-13(27)12(10)7-11(9)8-15-23-16-17(22)24-19(20)25-18(16)26(15)5-4-14(21)28;1-2/h6-7H,2-5,8H2,1H3,(H2,21,28)(H2,22,24,25);1-2H3. The summed E-state index contributed by atoms with van der Waals surface area (Å²) in [7, 11) is 0. The highest BCUT2D eigenvalue weighted by atomic mass is 19.1. The van der Waals surface area contributed by atoms with Crippen molar-refractivity contribution in [1.82, 2.24) is 19.5 Å². The summed E-state index contributed by atoms with van der Waals surface area (Å²) in [6, 6.07) is 3.92. The van der Waals surface area contributed by atoms with Crippen LogP contribution in [0.5, 0.6) is 0 Å². The van der Waals surface area contributed by atoms with Gasteiger partial charge in [0.15, 0.2) is 22.8 Å². The number of halogens is 1. The molecule has 0 spiro atoms. The van der Waals surface area contributed by atoms with E-state index in [1.54, 1.807) is 4.57 Å². The van der Waals surface area contributed by atoms with Crippen molar-refractivity contribution in [3.63, 3.8) is 0 Å². The number of nitrogens with zero attached hydrogens (tertiary/aromatic N) is 4. The molecule has 0 saturated carbocycles. The van der Waals surface area contributed by atoms with Crippen LogP contribution in [0.1, 0.15) is 59.6 Å². The summed E-state index contributed by atoms with van der Waals surface area (Å²) < 4.78 is 15.3. The number of nitrogens with two attached hydrogens (primary N) is 2. The van der Waals surface area contributed by atoms with E-state index in [4.69, 9.17) is 11.5 Å². The zero-order chi connectivity index (χ0) is 22.0. The van der Waals surface area contributed by atoms with E-state index in [0.29, 0.717) is 18.7 Å². The van der Waals surface area contributed by atoms with Gasteiger partial charge in [0, 0.05) is 31.4 Å². The van der Waals surface area contributed by atoms with Crippen LogP contribution in [-0.4, -0.2) is 31.2 Å². The van der Waals surface area contributed by atoms with E-state index in [2.05, 4.69) is 15.0 Å². The number of hydrogen-bond acceptors (Lipinski definition) is 6. The van der Waals surface area contributed by atoms with E-state index in [0.717, 1.165) is 28.7 Å². The molecule has 0 saturated heterocycles. The number of carbonyl (C=O) groups is 2. The van der Waals surface area contributed by atoms with Crippen molar-refractivity contribution in [2.75, 3.05) is 5.73 Å². The molecule has 0 unspecified atom stereocenters. The molecule has 9 heteroatoms. The molecular weight excluding hydrogens is 387 g/mol. The number of rotatable bonds is 5. The quantitative estimate of drug-likeness (QED) is 0.619. The summed E-state index contributed by atoms with van der Waals surface area (Å²) in [5.74, 6) is 0.129.